The van der Waals surface area contributed by atoms with Crippen molar-refractivity contribution in [3.63, 3.8) is 0 Å². The Hall–Kier alpha value is -1.82. The summed E-state index contributed by atoms with van der Waals surface area (Å²) in [5, 5.41) is 30.3. The van der Waals surface area contributed by atoms with Gasteiger partial charge < -0.3 is 25.4 Å². The van der Waals surface area contributed by atoms with E-state index in [4.69, 9.17) is 5.11 Å². The van der Waals surface area contributed by atoms with Gasteiger partial charge in [-0.15, -0.1) is 12.4 Å². The van der Waals surface area contributed by atoms with E-state index in [1.54, 1.807) is 0 Å². The molecule has 1 amide bonds. The minimum atomic E-state index is -0.603. The first-order chi connectivity index (χ1) is 7.09. The maximum atomic E-state index is 10.8. The second kappa shape index (κ2) is 4.36. The van der Waals surface area contributed by atoms with Gasteiger partial charge in [-0.05, 0) is 12.1 Å². The summed E-state index contributed by atoms with van der Waals surface area (Å²) in [6.07, 6.45) is -0.577. The summed E-state index contributed by atoms with van der Waals surface area (Å²) in [4.78, 5) is 10.8. The van der Waals surface area contributed by atoms with Gasteiger partial charge in [0.2, 0.25) is 5.75 Å². The summed E-state index contributed by atoms with van der Waals surface area (Å²) < 4.78 is 4.64. The van der Waals surface area contributed by atoms with E-state index in [0.717, 1.165) is 0 Å². The van der Waals surface area contributed by atoms with Crippen molar-refractivity contribution in [2.24, 2.45) is 0 Å². The number of aromatic hydroxyl groups is 3. The average Bonchev–Trinajstić information content (AvgIpc) is 2.61. The molecule has 1 aromatic rings. The Morgan fingerprint density at radius 2 is 1.94 bits per heavy atom. The second-order valence-electron chi connectivity index (χ2n) is 3.17. The van der Waals surface area contributed by atoms with Crippen molar-refractivity contribution in [1.29, 1.82) is 0 Å². The maximum Gasteiger partial charge on any atom is 0.407 e. The Bertz CT molecular complexity index is 423. The van der Waals surface area contributed by atoms with Gasteiger partial charge in [0.1, 0.15) is 6.61 Å². The standard InChI is InChI=1S/C9H9NO5.ClH/c11-6-2-1-4(7(12)8(6)13)5-3-15-9(14)10-5;/h1-2,5,11-13H,3H2,(H,10,14);1H/t5-;/m1./s1. The Labute approximate surface area is 96.9 Å². The molecule has 0 aliphatic carbocycles. The smallest absolute Gasteiger partial charge is 0.407 e. The topological polar surface area (TPSA) is 99.0 Å². The molecule has 2 rings (SSSR count). The summed E-state index contributed by atoms with van der Waals surface area (Å²) >= 11 is 0. The molecule has 0 bridgehead atoms. The van der Waals surface area contributed by atoms with Crippen molar-refractivity contribution in [3.05, 3.63) is 17.7 Å². The molecule has 1 fully saturated rings. The number of rotatable bonds is 1. The highest BCUT2D eigenvalue weighted by Crippen LogP contribution is 2.40. The molecule has 1 aromatic carbocycles. The summed E-state index contributed by atoms with van der Waals surface area (Å²) in [6.45, 7) is 0.0800. The minimum Gasteiger partial charge on any atom is -0.504 e. The minimum absolute atomic E-state index is 0. The van der Waals surface area contributed by atoms with E-state index >= 15 is 0 Å². The quantitative estimate of drug-likeness (QED) is 0.555. The van der Waals surface area contributed by atoms with Gasteiger partial charge in [-0.1, -0.05) is 0 Å². The number of phenols is 3. The van der Waals surface area contributed by atoms with Crippen molar-refractivity contribution < 1.29 is 24.9 Å². The van der Waals surface area contributed by atoms with E-state index in [9.17, 15) is 15.0 Å². The normalized spacial score (nSPS) is 18.5. The van der Waals surface area contributed by atoms with Crippen LogP contribution in [0, 0.1) is 0 Å². The molecule has 16 heavy (non-hydrogen) atoms. The molecule has 0 unspecified atom stereocenters. The van der Waals surface area contributed by atoms with Crippen molar-refractivity contribution in [1.82, 2.24) is 5.32 Å². The van der Waals surface area contributed by atoms with E-state index in [1.165, 1.54) is 12.1 Å². The number of carbonyl (C=O) groups excluding carboxylic acids is 1. The molecule has 88 valence electrons. The average molecular weight is 248 g/mol. The first kappa shape index (κ1) is 12.3. The largest absolute Gasteiger partial charge is 0.504 e. The van der Waals surface area contributed by atoms with Gasteiger partial charge in [0.05, 0.1) is 6.04 Å². The molecule has 4 N–H and O–H groups in total. The maximum absolute atomic E-state index is 10.8. The third-order valence-corrected chi connectivity index (χ3v) is 2.21. The van der Waals surface area contributed by atoms with Gasteiger partial charge in [0.15, 0.2) is 11.5 Å². The zero-order valence-corrected chi connectivity index (χ0v) is 8.82. The Kier molecular flexibility index (Phi) is 3.34. The Morgan fingerprint density at radius 3 is 2.50 bits per heavy atom. The Balaban J connectivity index is 0.00000128. The number of nitrogens with one attached hydrogen (secondary N) is 1. The van der Waals surface area contributed by atoms with Crippen LogP contribution in [0.5, 0.6) is 17.2 Å². The van der Waals surface area contributed by atoms with Crippen LogP contribution in [0.2, 0.25) is 0 Å². The van der Waals surface area contributed by atoms with E-state index in [-0.39, 0.29) is 19.0 Å². The number of ether oxygens (including phenoxy) is 1. The van der Waals surface area contributed by atoms with Gasteiger partial charge >= 0.3 is 6.09 Å². The van der Waals surface area contributed by atoms with E-state index < -0.39 is 29.4 Å². The van der Waals surface area contributed by atoms with Crippen LogP contribution in [0.25, 0.3) is 0 Å². The predicted octanol–water partition coefficient (Wildman–Crippen LogP) is 1.01. The lowest BCUT2D eigenvalue weighted by Crippen LogP contribution is -2.18. The van der Waals surface area contributed by atoms with Crippen LogP contribution in [0.4, 0.5) is 4.79 Å². The predicted molar refractivity (Wildman–Crippen MR) is 55.9 cm³/mol. The number of phenolic OH excluding ortho intramolecular Hbond substituents is 3. The number of alkyl carbamates (subject to hydrolysis) is 1. The molecule has 0 radical (unpaired) electrons. The number of halogens is 1. The number of hydrogen-bond donors (Lipinski definition) is 4. The fraction of sp³-hybridized carbons (Fsp3) is 0.222. The van der Waals surface area contributed by atoms with Crippen LogP contribution < -0.4 is 5.32 Å². The van der Waals surface area contributed by atoms with Crippen molar-refractivity contribution >= 4 is 18.5 Å². The van der Waals surface area contributed by atoms with Crippen LogP contribution in [0.1, 0.15) is 11.6 Å². The first-order valence-electron chi connectivity index (χ1n) is 4.26. The second-order valence-corrected chi connectivity index (χ2v) is 3.17. The molecule has 7 heteroatoms. The summed E-state index contributed by atoms with van der Waals surface area (Å²) in [5.74, 6) is -1.47. The van der Waals surface area contributed by atoms with Crippen molar-refractivity contribution in [2.45, 2.75) is 6.04 Å². The number of amides is 1. The van der Waals surface area contributed by atoms with Gasteiger partial charge in [-0.25, -0.2) is 4.79 Å². The Morgan fingerprint density at radius 1 is 1.25 bits per heavy atom. The number of hydrogen-bond acceptors (Lipinski definition) is 5. The molecular formula is C9H10ClNO5. The molecular weight excluding hydrogens is 238 g/mol. The number of carbonyl (C=O) groups is 1. The van der Waals surface area contributed by atoms with Crippen molar-refractivity contribution in [2.75, 3.05) is 6.61 Å². The lowest BCUT2D eigenvalue weighted by Gasteiger charge is -2.11. The molecule has 0 saturated carbocycles. The van der Waals surface area contributed by atoms with Crippen LogP contribution in [-0.4, -0.2) is 28.0 Å². The third kappa shape index (κ3) is 1.92. The monoisotopic (exact) mass is 247 g/mol. The number of cyclic esters (lactones) is 1. The van der Waals surface area contributed by atoms with Crippen molar-refractivity contribution in [3.8, 4) is 17.2 Å². The highest BCUT2D eigenvalue weighted by atomic mass is 35.5. The van der Waals surface area contributed by atoms with Gasteiger partial charge in [0, 0.05) is 5.56 Å². The van der Waals surface area contributed by atoms with Gasteiger partial charge in [-0.2, -0.15) is 0 Å². The fourth-order valence-electron chi connectivity index (χ4n) is 1.42. The van der Waals surface area contributed by atoms with E-state index in [2.05, 4.69) is 10.1 Å². The lowest BCUT2D eigenvalue weighted by molar-refractivity contribution is 0.176. The fourth-order valence-corrected chi connectivity index (χ4v) is 1.42. The summed E-state index contributed by atoms with van der Waals surface area (Å²) in [6, 6.07) is 2.13. The molecule has 1 saturated heterocycles. The van der Waals surface area contributed by atoms with Crippen LogP contribution in [0.3, 0.4) is 0 Å². The zero-order chi connectivity index (χ0) is 11.0. The van der Waals surface area contributed by atoms with Gasteiger partial charge in [-0.3, -0.25) is 0 Å². The molecule has 1 aliphatic rings. The molecule has 1 atom stereocenters. The highest BCUT2D eigenvalue weighted by Gasteiger charge is 2.27. The molecule has 6 nitrogen and oxygen atoms in total. The SMILES string of the molecule is Cl.O=C1N[C@@H](c2ccc(O)c(O)c2O)CO1. The van der Waals surface area contributed by atoms with Crippen LogP contribution in [0.15, 0.2) is 12.1 Å². The number of benzene rings is 1. The molecule has 1 aliphatic heterocycles. The molecule has 0 aromatic heterocycles. The lowest BCUT2D eigenvalue weighted by atomic mass is 10.1. The summed E-state index contributed by atoms with van der Waals surface area (Å²) in [5.41, 5.74) is 0.302. The van der Waals surface area contributed by atoms with Crippen LogP contribution in [-0.2, 0) is 4.74 Å². The third-order valence-electron chi connectivity index (χ3n) is 2.21. The van der Waals surface area contributed by atoms with Crippen LogP contribution >= 0.6 is 12.4 Å². The van der Waals surface area contributed by atoms with E-state index in [0.29, 0.717) is 5.56 Å². The molecule has 1 heterocycles. The zero-order valence-electron chi connectivity index (χ0n) is 8.01. The van der Waals surface area contributed by atoms with Gasteiger partial charge in [0.25, 0.3) is 0 Å². The first-order valence-corrected chi connectivity index (χ1v) is 4.26. The molecule has 0 spiro atoms. The summed E-state index contributed by atoms with van der Waals surface area (Å²) in [7, 11) is 0. The highest BCUT2D eigenvalue weighted by molar-refractivity contribution is 5.85. The van der Waals surface area contributed by atoms with E-state index in [1.807, 2.05) is 0 Å².